The number of carbonyl (C=O) groups is 1. The highest BCUT2D eigenvalue weighted by Gasteiger charge is 2.11. The van der Waals surface area contributed by atoms with Crippen molar-refractivity contribution in [2.45, 2.75) is 20.4 Å². The van der Waals surface area contributed by atoms with Gasteiger partial charge in [0.15, 0.2) is 0 Å². The summed E-state index contributed by atoms with van der Waals surface area (Å²) in [5, 5.41) is 7.05. The van der Waals surface area contributed by atoms with E-state index in [1.165, 1.54) is 0 Å². The molecule has 0 aliphatic heterocycles. The molecule has 5 heteroatoms. The van der Waals surface area contributed by atoms with E-state index in [0.29, 0.717) is 12.2 Å². The molecule has 1 aromatic heterocycles. The first-order valence-corrected chi connectivity index (χ1v) is 6.43. The Bertz CT molecular complexity index is 632. The van der Waals surface area contributed by atoms with Gasteiger partial charge in [0.1, 0.15) is 11.4 Å². The molecule has 0 saturated heterocycles. The molecule has 1 aromatic carbocycles. The minimum atomic E-state index is -0.132. The third-order valence-corrected chi connectivity index (χ3v) is 3.16. The summed E-state index contributed by atoms with van der Waals surface area (Å²) >= 11 is 0. The maximum Gasteiger partial charge on any atom is 0.269 e. The fourth-order valence-electron chi connectivity index (χ4n) is 2.07. The van der Waals surface area contributed by atoms with Gasteiger partial charge in [-0.1, -0.05) is 12.1 Å². The van der Waals surface area contributed by atoms with Crippen molar-refractivity contribution in [3.05, 3.63) is 46.8 Å². The largest absolute Gasteiger partial charge is 0.496 e. The van der Waals surface area contributed by atoms with Gasteiger partial charge < -0.3 is 10.1 Å². The Kier molecular flexibility index (Phi) is 4.08. The first-order valence-electron chi connectivity index (χ1n) is 6.43. The van der Waals surface area contributed by atoms with Crippen molar-refractivity contribution in [1.82, 2.24) is 15.1 Å². The van der Waals surface area contributed by atoms with Gasteiger partial charge in [-0.05, 0) is 37.1 Å². The van der Waals surface area contributed by atoms with Crippen LogP contribution >= 0.6 is 0 Å². The lowest BCUT2D eigenvalue weighted by atomic mass is 10.1. The zero-order chi connectivity index (χ0) is 14.7. The van der Waals surface area contributed by atoms with Gasteiger partial charge in [-0.15, -0.1) is 0 Å². The topological polar surface area (TPSA) is 56.1 Å². The van der Waals surface area contributed by atoms with Gasteiger partial charge in [0.25, 0.3) is 5.91 Å². The summed E-state index contributed by atoms with van der Waals surface area (Å²) < 4.78 is 6.86. The molecule has 1 N–H and O–H groups in total. The van der Waals surface area contributed by atoms with Crippen LogP contribution < -0.4 is 10.1 Å². The monoisotopic (exact) mass is 273 g/mol. The Morgan fingerprint density at radius 1 is 1.35 bits per heavy atom. The fraction of sp³-hybridized carbons (Fsp3) is 0.333. The van der Waals surface area contributed by atoms with E-state index in [1.54, 1.807) is 24.9 Å². The average molecular weight is 273 g/mol. The van der Waals surface area contributed by atoms with Crippen molar-refractivity contribution in [2.75, 3.05) is 7.11 Å². The number of rotatable bonds is 4. The summed E-state index contributed by atoms with van der Waals surface area (Å²) in [5.74, 6) is 0.695. The number of hydrogen-bond acceptors (Lipinski definition) is 3. The van der Waals surface area contributed by atoms with Crippen LogP contribution in [0.5, 0.6) is 5.75 Å². The van der Waals surface area contributed by atoms with Crippen LogP contribution in [0.3, 0.4) is 0 Å². The molecular formula is C15H19N3O2. The second kappa shape index (κ2) is 5.77. The van der Waals surface area contributed by atoms with Crippen molar-refractivity contribution in [2.24, 2.45) is 7.05 Å². The lowest BCUT2D eigenvalue weighted by Crippen LogP contribution is -2.25. The van der Waals surface area contributed by atoms with E-state index in [1.807, 2.05) is 32.0 Å². The molecule has 1 heterocycles. The predicted molar refractivity (Wildman–Crippen MR) is 76.8 cm³/mol. The second-order valence-electron chi connectivity index (χ2n) is 4.78. The van der Waals surface area contributed by atoms with E-state index >= 15 is 0 Å². The van der Waals surface area contributed by atoms with Gasteiger partial charge in [-0.25, -0.2) is 0 Å². The molecule has 0 aliphatic rings. The van der Waals surface area contributed by atoms with E-state index in [-0.39, 0.29) is 5.91 Å². The van der Waals surface area contributed by atoms with Crippen LogP contribution in [0.15, 0.2) is 24.3 Å². The Balaban J connectivity index is 2.05. The molecule has 2 aromatic rings. The van der Waals surface area contributed by atoms with Crippen LogP contribution in [0.25, 0.3) is 0 Å². The lowest BCUT2D eigenvalue weighted by molar-refractivity contribution is 0.0941. The Morgan fingerprint density at radius 3 is 2.70 bits per heavy atom. The fourth-order valence-corrected chi connectivity index (χ4v) is 2.07. The van der Waals surface area contributed by atoms with Gasteiger partial charge in [-0.3, -0.25) is 9.48 Å². The first-order chi connectivity index (χ1) is 9.51. The van der Waals surface area contributed by atoms with Crippen molar-refractivity contribution >= 4 is 5.91 Å². The van der Waals surface area contributed by atoms with Gasteiger partial charge in [-0.2, -0.15) is 5.10 Å². The SMILES string of the molecule is COc1cc(CNC(=O)c2cc(C)nn2C)ccc1C. The van der Waals surface area contributed by atoms with Crippen LogP contribution in [0.4, 0.5) is 0 Å². The molecule has 0 atom stereocenters. The molecule has 0 spiro atoms. The van der Waals surface area contributed by atoms with Crippen LogP contribution in [-0.4, -0.2) is 22.8 Å². The summed E-state index contributed by atoms with van der Waals surface area (Å²) in [5.41, 5.74) is 3.46. The number of nitrogens with one attached hydrogen (secondary N) is 1. The summed E-state index contributed by atoms with van der Waals surface area (Å²) in [6.45, 7) is 4.31. The second-order valence-corrected chi connectivity index (χ2v) is 4.78. The third-order valence-electron chi connectivity index (χ3n) is 3.16. The van der Waals surface area contributed by atoms with E-state index in [4.69, 9.17) is 4.74 Å². The number of nitrogens with zero attached hydrogens (tertiary/aromatic N) is 2. The van der Waals surface area contributed by atoms with E-state index < -0.39 is 0 Å². The number of aryl methyl sites for hydroxylation is 3. The smallest absolute Gasteiger partial charge is 0.269 e. The zero-order valence-electron chi connectivity index (χ0n) is 12.2. The maximum atomic E-state index is 12.1. The number of amides is 1. The molecule has 0 saturated carbocycles. The first kappa shape index (κ1) is 14.1. The molecule has 5 nitrogen and oxygen atoms in total. The molecular weight excluding hydrogens is 254 g/mol. The molecule has 1 amide bonds. The summed E-state index contributed by atoms with van der Waals surface area (Å²) in [6, 6.07) is 7.66. The number of methoxy groups -OCH3 is 1. The molecule has 106 valence electrons. The molecule has 0 bridgehead atoms. The maximum absolute atomic E-state index is 12.1. The quantitative estimate of drug-likeness (QED) is 0.926. The standard InChI is InChI=1S/C15H19N3O2/c1-10-5-6-12(8-14(10)20-4)9-16-15(19)13-7-11(2)17-18(13)3/h5-8H,9H2,1-4H3,(H,16,19). The number of hydrogen-bond donors (Lipinski definition) is 1. The number of benzene rings is 1. The summed E-state index contributed by atoms with van der Waals surface area (Å²) in [7, 11) is 3.40. The minimum Gasteiger partial charge on any atom is -0.496 e. The predicted octanol–water partition coefficient (Wildman–Crippen LogP) is 1.98. The van der Waals surface area contributed by atoms with Gasteiger partial charge >= 0.3 is 0 Å². The van der Waals surface area contributed by atoms with Crippen LogP contribution in [0.1, 0.15) is 27.3 Å². The highest BCUT2D eigenvalue weighted by Crippen LogP contribution is 2.18. The van der Waals surface area contributed by atoms with Crippen molar-refractivity contribution < 1.29 is 9.53 Å². The van der Waals surface area contributed by atoms with E-state index in [2.05, 4.69) is 10.4 Å². The van der Waals surface area contributed by atoms with Gasteiger partial charge in [0.05, 0.1) is 12.8 Å². The number of ether oxygens (including phenoxy) is 1. The molecule has 0 fully saturated rings. The minimum absolute atomic E-state index is 0.132. The van der Waals surface area contributed by atoms with Crippen LogP contribution in [0, 0.1) is 13.8 Å². The highest BCUT2D eigenvalue weighted by molar-refractivity contribution is 5.92. The zero-order valence-corrected chi connectivity index (χ0v) is 12.2. The highest BCUT2D eigenvalue weighted by atomic mass is 16.5. The summed E-state index contributed by atoms with van der Waals surface area (Å²) in [6.07, 6.45) is 0. The molecule has 2 rings (SSSR count). The molecule has 0 aliphatic carbocycles. The molecule has 0 unspecified atom stereocenters. The average Bonchev–Trinajstić information content (AvgIpc) is 2.76. The normalized spacial score (nSPS) is 10.4. The van der Waals surface area contributed by atoms with Crippen molar-refractivity contribution in [3.8, 4) is 5.75 Å². The van der Waals surface area contributed by atoms with Crippen molar-refractivity contribution in [1.29, 1.82) is 0 Å². The molecule has 0 radical (unpaired) electrons. The molecule has 20 heavy (non-hydrogen) atoms. The van der Waals surface area contributed by atoms with E-state index in [9.17, 15) is 4.79 Å². The summed E-state index contributed by atoms with van der Waals surface area (Å²) in [4.78, 5) is 12.1. The van der Waals surface area contributed by atoms with Crippen LogP contribution in [-0.2, 0) is 13.6 Å². The lowest BCUT2D eigenvalue weighted by Gasteiger charge is -2.09. The number of carbonyl (C=O) groups excluding carboxylic acids is 1. The Labute approximate surface area is 118 Å². The number of aromatic nitrogens is 2. The Morgan fingerprint density at radius 2 is 2.10 bits per heavy atom. The van der Waals surface area contributed by atoms with Crippen LogP contribution in [0.2, 0.25) is 0 Å². The van der Waals surface area contributed by atoms with Gasteiger partial charge in [0.2, 0.25) is 0 Å². The van der Waals surface area contributed by atoms with Gasteiger partial charge in [0, 0.05) is 13.6 Å². The third kappa shape index (κ3) is 2.99. The van der Waals surface area contributed by atoms with E-state index in [0.717, 1.165) is 22.6 Å². The Hall–Kier alpha value is -2.30. The van der Waals surface area contributed by atoms with Crippen molar-refractivity contribution in [3.63, 3.8) is 0 Å².